The average molecular weight is 361 g/mol. The molecule has 0 spiro atoms. The zero-order valence-corrected chi connectivity index (χ0v) is 15.3. The van der Waals surface area contributed by atoms with Crippen molar-refractivity contribution in [2.24, 2.45) is 5.73 Å². The highest BCUT2D eigenvalue weighted by atomic mass is 16.5. The van der Waals surface area contributed by atoms with Crippen LogP contribution in [-0.2, 0) is 17.8 Å². The van der Waals surface area contributed by atoms with Crippen LogP contribution in [0.4, 0.5) is 0 Å². The van der Waals surface area contributed by atoms with E-state index < -0.39 is 5.97 Å². The fourth-order valence-corrected chi connectivity index (χ4v) is 2.59. The molecule has 0 bridgehead atoms. The number of hydrogen-bond donors (Lipinski definition) is 1. The molecule has 26 heavy (non-hydrogen) atoms. The highest BCUT2D eigenvalue weighted by Gasteiger charge is 2.13. The second kappa shape index (κ2) is 11.3. The van der Waals surface area contributed by atoms with Gasteiger partial charge in [-0.15, -0.1) is 0 Å². The van der Waals surface area contributed by atoms with Gasteiger partial charge in [-0.1, -0.05) is 43.0 Å². The first kappa shape index (κ1) is 19.9. The molecule has 0 saturated carbocycles. The van der Waals surface area contributed by atoms with E-state index in [1.54, 1.807) is 24.3 Å². The first-order valence-corrected chi connectivity index (χ1v) is 9.06. The van der Waals surface area contributed by atoms with E-state index in [2.05, 4.69) is 10.1 Å². The number of aromatic nitrogens is 2. The molecule has 0 radical (unpaired) electrons. The van der Waals surface area contributed by atoms with Crippen LogP contribution in [0.15, 0.2) is 28.8 Å². The van der Waals surface area contributed by atoms with Gasteiger partial charge in [0.15, 0.2) is 6.61 Å². The zero-order chi connectivity index (χ0) is 18.6. The van der Waals surface area contributed by atoms with Crippen molar-refractivity contribution in [1.82, 2.24) is 10.1 Å². The SMILES string of the molecule is COC(=O)c1ccccc1OCc1noc(CCCCCCCCN)n1. The van der Waals surface area contributed by atoms with Gasteiger partial charge in [-0.3, -0.25) is 0 Å². The predicted octanol–water partition coefficient (Wildman–Crippen LogP) is 3.28. The highest BCUT2D eigenvalue weighted by molar-refractivity contribution is 5.92. The van der Waals surface area contributed by atoms with Gasteiger partial charge in [-0.25, -0.2) is 4.79 Å². The van der Waals surface area contributed by atoms with Gasteiger partial charge in [0.25, 0.3) is 0 Å². The van der Waals surface area contributed by atoms with Gasteiger partial charge < -0.3 is 19.7 Å². The van der Waals surface area contributed by atoms with Crippen LogP contribution in [0.25, 0.3) is 0 Å². The Hall–Kier alpha value is -2.41. The second-order valence-electron chi connectivity index (χ2n) is 6.04. The normalized spacial score (nSPS) is 10.7. The lowest BCUT2D eigenvalue weighted by Crippen LogP contribution is -2.06. The first-order valence-electron chi connectivity index (χ1n) is 9.06. The molecule has 2 N–H and O–H groups in total. The average Bonchev–Trinajstić information content (AvgIpc) is 3.13. The maximum absolute atomic E-state index is 11.7. The van der Waals surface area contributed by atoms with Crippen molar-refractivity contribution in [3.63, 3.8) is 0 Å². The number of ether oxygens (including phenoxy) is 2. The van der Waals surface area contributed by atoms with Crippen LogP contribution in [0.2, 0.25) is 0 Å². The molecule has 0 saturated heterocycles. The van der Waals surface area contributed by atoms with Crippen molar-refractivity contribution in [2.45, 2.75) is 51.6 Å². The van der Waals surface area contributed by atoms with Gasteiger partial charge >= 0.3 is 5.97 Å². The van der Waals surface area contributed by atoms with Gasteiger partial charge in [0.2, 0.25) is 11.7 Å². The third kappa shape index (κ3) is 6.48. The van der Waals surface area contributed by atoms with E-state index in [0.29, 0.717) is 23.0 Å². The maximum Gasteiger partial charge on any atom is 0.341 e. The number of unbranched alkanes of at least 4 members (excludes halogenated alkanes) is 5. The molecular formula is C19H27N3O4. The number of nitrogens with two attached hydrogens (primary N) is 1. The van der Waals surface area contributed by atoms with Crippen LogP contribution in [0.1, 0.15) is 60.6 Å². The Bertz CT molecular complexity index is 672. The Balaban J connectivity index is 1.74. The summed E-state index contributed by atoms with van der Waals surface area (Å²) in [4.78, 5) is 16.1. The first-order chi connectivity index (χ1) is 12.7. The van der Waals surface area contributed by atoms with Gasteiger partial charge in [-0.05, 0) is 31.5 Å². The fraction of sp³-hybridized carbons (Fsp3) is 0.526. The van der Waals surface area contributed by atoms with Crippen molar-refractivity contribution in [3.05, 3.63) is 41.5 Å². The van der Waals surface area contributed by atoms with E-state index in [1.807, 2.05) is 0 Å². The molecule has 0 unspecified atom stereocenters. The van der Waals surface area contributed by atoms with Gasteiger partial charge in [0.05, 0.1) is 7.11 Å². The maximum atomic E-state index is 11.7. The summed E-state index contributed by atoms with van der Waals surface area (Å²) in [5.41, 5.74) is 5.85. The molecule has 0 aliphatic rings. The van der Waals surface area contributed by atoms with E-state index in [9.17, 15) is 4.79 Å². The number of aryl methyl sites for hydroxylation is 1. The molecule has 0 amide bonds. The summed E-state index contributed by atoms with van der Waals surface area (Å²) < 4.78 is 15.6. The smallest absolute Gasteiger partial charge is 0.341 e. The monoisotopic (exact) mass is 361 g/mol. The lowest BCUT2D eigenvalue weighted by atomic mass is 10.1. The third-order valence-electron chi connectivity index (χ3n) is 4.00. The number of para-hydroxylation sites is 1. The topological polar surface area (TPSA) is 100 Å². The minimum Gasteiger partial charge on any atom is -0.485 e. The molecule has 142 valence electrons. The molecule has 0 atom stereocenters. The van der Waals surface area contributed by atoms with Gasteiger partial charge in [0, 0.05) is 6.42 Å². The number of methoxy groups -OCH3 is 1. The van der Waals surface area contributed by atoms with E-state index in [-0.39, 0.29) is 6.61 Å². The number of nitrogens with zero attached hydrogens (tertiary/aromatic N) is 2. The minimum absolute atomic E-state index is 0.136. The van der Waals surface area contributed by atoms with Crippen LogP contribution < -0.4 is 10.5 Å². The predicted molar refractivity (Wildman–Crippen MR) is 96.9 cm³/mol. The Morgan fingerprint density at radius 3 is 2.62 bits per heavy atom. The summed E-state index contributed by atoms with van der Waals surface area (Å²) >= 11 is 0. The molecule has 1 aromatic carbocycles. The van der Waals surface area contributed by atoms with Crippen molar-refractivity contribution in [3.8, 4) is 5.75 Å². The van der Waals surface area contributed by atoms with E-state index in [0.717, 1.165) is 32.2 Å². The minimum atomic E-state index is -0.444. The number of hydrogen-bond acceptors (Lipinski definition) is 7. The van der Waals surface area contributed by atoms with E-state index in [4.69, 9.17) is 19.7 Å². The Morgan fingerprint density at radius 1 is 1.12 bits per heavy atom. The molecular weight excluding hydrogens is 334 g/mol. The molecule has 2 rings (SSSR count). The summed E-state index contributed by atoms with van der Waals surface area (Å²) in [5, 5.41) is 3.92. The van der Waals surface area contributed by atoms with Gasteiger partial charge in [0.1, 0.15) is 11.3 Å². The number of carbonyl (C=O) groups excluding carboxylic acids is 1. The van der Waals surface area contributed by atoms with Crippen LogP contribution in [0.3, 0.4) is 0 Å². The quantitative estimate of drug-likeness (QED) is 0.457. The third-order valence-corrected chi connectivity index (χ3v) is 4.00. The molecule has 1 heterocycles. The Labute approximate surface area is 153 Å². The number of rotatable bonds is 12. The van der Waals surface area contributed by atoms with Gasteiger partial charge in [-0.2, -0.15) is 4.98 Å². The molecule has 2 aromatic rings. The van der Waals surface area contributed by atoms with Crippen molar-refractivity contribution < 1.29 is 18.8 Å². The summed E-state index contributed by atoms with van der Waals surface area (Å²) in [7, 11) is 1.34. The number of carbonyl (C=O) groups is 1. The fourth-order valence-electron chi connectivity index (χ4n) is 2.59. The lowest BCUT2D eigenvalue weighted by molar-refractivity contribution is 0.0595. The van der Waals surface area contributed by atoms with Crippen molar-refractivity contribution in [1.29, 1.82) is 0 Å². The summed E-state index contributed by atoms with van der Waals surface area (Å²) in [5.74, 6) is 1.07. The molecule has 1 aromatic heterocycles. The Morgan fingerprint density at radius 2 is 1.85 bits per heavy atom. The largest absolute Gasteiger partial charge is 0.485 e. The molecule has 7 nitrogen and oxygen atoms in total. The highest BCUT2D eigenvalue weighted by Crippen LogP contribution is 2.20. The van der Waals surface area contributed by atoms with E-state index in [1.165, 1.54) is 26.4 Å². The summed E-state index contributed by atoms with van der Waals surface area (Å²) in [6.45, 7) is 0.910. The lowest BCUT2D eigenvalue weighted by Gasteiger charge is -2.07. The summed E-state index contributed by atoms with van der Waals surface area (Å²) in [6.07, 6.45) is 7.66. The Kier molecular flexibility index (Phi) is 8.62. The molecule has 7 heteroatoms. The number of benzene rings is 1. The number of esters is 1. The van der Waals surface area contributed by atoms with Crippen LogP contribution in [0, 0.1) is 0 Å². The van der Waals surface area contributed by atoms with Crippen molar-refractivity contribution >= 4 is 5.97 Å². The van der Waals surface area contributed by atoms with E-state index >= 15 is 0 Å². The van der Waals surface area contributed by atoms with Crippen LogP contribution >= 0.6 is 0 Å². The second-order valence-corrected chi connectivity index (χ2v) is 6.04. The van der Waals surface area contributed by atoms with Crippen LogP contribution in [0.5, 0.6) is 5.75 Å². The molecule has 0 aliphatic carbocycles. The summed E-state index contributed by atoms with van der Waals surface area (Å²) in [6, 6.07) is 6.90. The van der Waals surface area contributed by atoms with Crippen LogP contribution in [-0.4, -0.2) is 29.8 Å². The van der Waals surface area contributed by atoms with Crippen molar-refractivity contribution in [2.75, 3.05) is 13.7 Å². The molecule has 0 aliphatic heterocycles. The standard InChI is InChI=1S/C19H27N3O4/c1-24-19(23)15-10-7-8-11-16(15)25-14-17-21-18(26-22-17)12-6-4-2-3-5-9-13-20/h7-8,10-11H,2-6,9,12-14,20H2,1H3. The molecule has 0 fully saturated rings. The zero-order valence-electron chi connectivity index (χ0n) is 15.3.